The summed E-state index contributed by atoms with van der Waals surface area (Å²) in [6, 6.07) is 21.7. The quantitative estimate of drug-likeness (QED) is 0.310. The zero-order valence-electron chi connectivity index (χ0n) is 16.8. The van der Waals surface area contributed by atoms with Gasteiger partial charge in [-0.1, -0.05) is 45.0 Å². The van der Waals surface area contributed by atoms with Crippen molar-refractivity contribution >= 4 is 32.3 Å². The Morgan fingerprint density at radius 1 is 0.793 bits per heavy atom. The van der Waals surface area contributed by atoms with E-state index >= 15 is 0 Å². The molecular formula is C26H22N2S. The Kier molecular flexibility index (Phi) is 4.21. The summed E-state index contributed by atoms with van der Waals surface area (Å²) in [6.07, 6.45) is 3.85. The molecule has 29 heavy (non-hydrogen) atoms. The number of fused-ring (bicyclic) bond motifs is 2. The van der Waals surface area contributed by atoms with Crippen molar-refractivity contribution in [2.75, 3.05) is 0 Å². The van der Waals surface area contributed by atoms with Gasteiger partial charge in [-0.25, -0.2) is 0 Å². The predicted octanol–water partition coefficient (Wildman–Crippen LogP) is 7.48. The maximum atomic E-state index is 4.70. The highest BCUT2D eigenvalue weighted by molar-refractivity contribution is 7.17. The van der Waals surface area contributed by atoms with Crippen LogP contribution in [0.5, 0.6) is 0 Å². The van der Waals surface area contributed by atoms with Crippen LogP contribution in [-0.2, 0) is 5.41 Å². The van der Waals surface area contributed by atoms with Crippen LogP contribution >= 0.6 is 11.3 Å². The van der Waals surface area contributed by atoms with E-state index in [1.807, 2.05) is 12.4 Å². The van der Waals surface area contributed by atoms with Gasteiger partial charge in [-0.05, 0) is 69.1 Å². The van der Waals surface area contributed by atoms with E-state index in [0.717, 1.165) is 27.9 Å². The Hall–Kier alpha value is -3.04. The fourth-order valence-corrected chi connectivity index (χ4v) is 4.63. The molecule has 0 N–H and O–H groups in total. The zero-order chi connectivity index (χ0) is 20.0. The molecule has 0 fully saturated rings. The Morgan fingerprint density at radius 2 is 1.66 bits per heavy atom. The summed E-state index contributed by atoms with van der Waals surface area (Å²) < 4.78 is 1.21. The summed E-state index contributed by atoms with van der Waals surface area (Å²) in [7, 11) is 0. The van der Waals surface area contributed by atoms with Crippen LogP contribution in [0.2, 0.25) is 0 Å². The SMILES string of the molecule is CC(C)(C)c1cc(-c2cc(-c3cnc4ccsc4c3)ccn2)cc2ccccc12. The van der Waals surface area contributed by atoms with Crippen molar-refractivity contribution in [2.24, 2.45) is 0 Å². The first-order valence-corrected chi connectivity index (χ1v) is 10.7. The molecule has 2 aromatic carbocycles. The van der Waals surface area contributed by atoms with Crippen molar-refractivity contribution < 1.29 is 0 Å². The molecule has 5 rings (SSSR count). The Bertz CT molecular complexity index is 1340. The zero-order valence-corrected chi connectivity index (χ0v) is 17.6. The molecule has 0 radical (unpaired) electrons. The number of aromatic nitrogens is 2. The molecule has 3 heteroatoms. The number of nitrogens with zero attached hydrogens (tertiary/aromatic N) is 2. The molecule has 0 amide bonds. The predicted molar refractivity (Wildman–Crippen MR) is 124 cm³/mol. The van der Waals surface area contributed by atoms with Gasteiger partial charge in [-0.15, -0.1) is 11.3 Å². The second kappa shape index (κ2) is 6.78. The summed E-state index contributed by atoms with van der Waals surface area (Å²) in [6.45, 7) is 6.80. The first kappa shape index (κ1) is 18.0. The fraction of sp³-hybridized carbons (Fsp3) is 0.154. The molecule has 2 nitrogen and oxygen atoms in total. The lowest BCUT2D eigenvalue weighted by Gasteiger charge is -2.22. The van der Waals surface area contributed by atoms with Crippen molar-refractivity contribution in [3.8, 4) is 22.4 Å². The molecule has 0 saturated heterocycles. The molecule has 142 valence electrons. The largest absolute Gasteiger partial charge is 0.256 e. The average molecular weight is 395 g/mol. The van der Waals surface area contributed by atoms with Gasteiger partial charge in [0.05, 0.1) is 15.9 Å². The lowest BCUT2D eigenvalue weighted by atomic mass is 9.82. The molecule has 0 spiro atoms. The van der Waals surface area contributed by atoms with Crippen LogP contribution in [0.4, 0.5) is 0 Å². The maximum Gasteiger partial charge on any atom is 0.0810 e. The third-order valence-corrected chi connectivity index (χ3v) is 6.21. The number of hydrogen-bond donors (Lipinski definition) is 0. The number of pyridine rings is 2. The standard InChI is InChI=1S/C26H22N2S/c1-26(2,3)22-13-19(12-18-6-4-5-7-21(18)22)24-14-17(8-10-27-24)20-15-25-23(28-16-20)9-11-29-25/h4-16H,1-3H3. The summed E-state index contributed by atoms with van der Waals surface area (Å²) in [5.41, 5.74) is 6.87. The summed E-state index contributed by atoms with van der Waals surface area (Å²) in [4.78, 5) is 9.30. The van der Waals surface area contributed by atoms with Crippen LogP contribution in [-0.4, -0.2) is 9.97 Å². The van der Waals surface area contributed by atoms with Crippen molar-refractivity contribution in [1.82, 2.24) is 9.97 Å². The van der Waals surface area contributed by atoms with E-state index in [1.165, 1.54) is 21.0 Å². The minimum Gasteiger partial charge on any atom is -0.256 e. The van der Waals surface area contributed by atoms with E-state index < -0.39 is 0 Å². The first-order chi connectivity index (χ1) is 14.0. The third-order valence-electron chi connectivity index (χ3n) is 5.36. The van der Waals surface area contributed by atoms with E-state index in [9.17, 15) is 0 Å². The van der Waals surface area contributed by atoms with Crippen LogP contribution in [0.25, 0.3) is 43.4 Å². The number of rotatable bonds is 2. The second-order valence-electron chi connectivity index (χ2n) is 8.45. The maximum absolute atomic E-state index is 4.70. The van der Waals surface area contributed by atoms with Gasteiger partial charge < -0.3 is 0 Å². The van der Waals surface area contributed by atoms with Crippen molar-refractivity contribution in [2.45, 2.75) is 26.2 Å². The normalized spacial score (nSPS) is 12.0. The van der Waals surface area contributed by atoms with Gasteiger partial charge >= 0.3 is 0 Å². The fourth-order valence-electron chi connectivity index (χ4n) is 3.85. The average Bonchev–Trinajstić information content (AvgIpc) is 3.20. The molecule has 0 aliphatic heterocycles. The number of hydrogen-bond acceptors (Lipinski definition) is 3. The molecule has 0 atom stereocenters. The van der Waals surface area contributed by atoms with Gasteiger partial charge in [-0.3, -0.25) is 9.97 Å². The molecule has 0 saturated carbocycles. The van der Waals surface area contributed by atoms with Gasteiger partial charge in [0.15, 0.2) is 0 Å². The highest BCUT2D eigenvalue weighted by Gasteiger charge is 2.18. The molecule has 5 aromatic rings. The van der Waals surface area contributed by atoms with Crippen molar-refractivity contribution in [1.29, 1.82) is 0 Å². The molecule has 0 unspecified atom stereocenters. The first-order valence-electron chi connectivity index (χ1n) is 9.82. The Labute approximate surface area is 174 Å². The summed E-state index contributed by atoms with van der Waals surface area (Å²) in [5.74, 6) is 0. The van der Waals surface area contributed by atoms with Gasteiger partial charge in [0.25, 0.3) is 0 Å². The van der Waals surface area contributed by atoms with E-state index in [-0.39, 0.29) is 5.41 Å². The lowest BCUT2D eigenvalue weighted by Crippen LogP contribution is -2.12. The monoisotopic (exact) mass is 394 g/mol. The number of benzene rings is 2. The van der Waals surface area contributed by atoms with Gasteiger partial charge in [-0.2, -0.15) is 0 Å². The molecule has 3 heterocycles. The number of thiophene rings is 1. The lowest BCUT2D eigenvalue weighted by molar-refractivity contribution is 0.596. The highest BCUT2D eigenvalue weighted by atomic mass is 32.1. The Balaban J connectivity index is 1.66. The van der Waals surface area contributed by atoms with E-state index in [1.54, 1.807) is 11.3 Å². The Morgan fingerprint density at radius 3 is 2.52 bits per heavy atom. The van der Waals surface area contributed by atoms with E-state index in [2.05, 4.69) is 91.8 Å². The topological polar surface area (TPSA) is 25.8 Å². The molecule has 0 aliphatic rings. The van der Waals surface area contributed by atoms with Crippen LogP contribution in [0.3, 0.4) is 0 Å². The molecule has 3 aromatic heterocycles. The minimum atomic E-state index is 0.0569. The van der Waals surface area contributed by atoms with Gasteiger partial charge in [0.2, 0.25) is 0 Å². The molecule has 0 aliphatic carbocycles. The van der Waals surface area contributed by atoms with Crippen LogP contribution in [0.15, 0.2) is 78.4 Å². The highest BCUT2D eigenvalue weighted by Crippen LogP contribution is 2.35. The van der Waals surface area contributed by atoms with Crippen LogP contribution in [0, 0.1) is 0 Å². The molecular weight excluding hydrogens is 372 g/mol. The smallest absolute Gasteiger partial charge is 0.0810 e. The van der Waals surface area contributed by atoms with E-state index in [4.69, 9.17) is 4.98 Å². The van der Waals surface area contributed by atoms with Crippen molar-refractivity contribution in [3.05, 3.63) is 84.0 Å². The minimum absolute atomic E-state index is 0.0569. The van der Waals surface area contributed by atoms with E-state index in [0.29, 0.717) is 0 Å². The summed E-state index contributed by atoms with van der Waals surface area (Å²) >= 11 is 1.72. The van der Waals surface area contributed by atoms with Crippen LogP contribution in [0.1, 0.15) is 26.3 Å². The second-order valence-corrected chi connectivity index (χ2v) is 9.40. The van der Waals surface area contributed by atoms with Crippen molar-refractivity contribution in [3.63, 3.8) is 0 Å². The summed E-state index contributed by atoms with van der Waals surface area (Å²) in [5, 5.41) is 4.65. The molecule has 0 bridgehead atoms. The van der Waals surface area contributed by atoms with Gasteiger partial charge in [0.1, 0.15) is 0 Å². The van der Waals surface area contributed by atoms with Gasteiger partial charge in [0, 0.05) is 23.5 Å². The third kappa shape index (κ3) is 3.32. The van der Waals surface area contributed by atoms with Crippen LogP contribution < -0.4 is 0 Å².